The Kier molecular flexibility index (Phi) is 4.88. The summed E-state index contributed by atoms with van der Waals surface area (Å²) in [6.45, 7) is 10.4. The molecule has 3 nitrogen and oxygen atoms in total. The van der Waals surface area contributed by atoms with Gasteiger partial charge in [0.2, 0.25) is 0 Å². The smallest absolute Gasteiger partial charge is 0.146 e. The molecule has 0 aliphatic carbocycles. The van der Waals surface area contributed by atoms with Crippen molar-refractivity contribution in [3.8, 4) is 0 Å². The average molecular weight is 265 g/mol. The fourth-order valence-corrected chi connectivity index (χ4v) is 2.87. The normalized spacial score (nSPS) is 22.1. The molecule has 1 aliphatic rings. The van der Waals surface area contributed by atoms with Crippen molar-refractivity contribution in [2.45, 2.75) is 45.8 Å². The van der Waals surface area contributed by atoms with E-state index in [9.17, 15) is 4.39 Å². The van der Waals surface area contributed by atoms with Crippen molar-refractivity contribution >= 4 is 0 Å². The molecular weight excluding hydrogens is 241 g/mol. The first-order valence-corrected chi connectivity index (χ1v) is 7.19. The van der Waals surface area contributed by atoms with E-state index in [0.29, 0.717) is 24.3 Å². The zero-order valence-corrected chi connectivity index (χ0v) is 12.1. The second kappa shape index (κ2) is 6.44. The molecule has 0 bridgehead atoms. The molecule has 0 aromatic carbocycles. The van der Waals surface area contributed by atoms with Crippen LogP contribution >= 0.6 is 0 Å². The monoisotopic (exact) mass is 265 g/mol. The molecule has 1 atom stereocenters. The van der Waals surface area contributed by atoms with Gasteiger partial charge in [-0.3, -0.25) is 14.8 Å². The maximum atomic E-state index is 13.6. The molecule has 0 saturated carbocycles. The SMILES string of the molecule is CC[C@H]1CN(Cc2ncccc2F)CCN1C(C)C. The highest BCUT2D eigenvalue weighted by Crippen LogP contribution is 2.18. The Balaban J connectivity index is 1.99. The van der Waals surface area contributed by atoms with E-state index in [-0.39, 0.29) is 5.82 Å². The lowest BCUT2D eigenvalue weighted by Crippen LogP contribution is -2.54. The predicted molar refractivity (Wildman–Crippen MR) is 75.4 cm³/mol. The van der Waals surface area contributed by atoms with E-state index < -0.39 is 0 Å². The number of hydrogen-bond acceptors (Lipinski definition) is 3. The van der Waals surface area contributed by atoms with Crippen LogP contribution in [0.1, 0.15) is 32.9 Å². The summed E-state index contributed by atoms with van der Waals surface area (Å²) in [6.07, 6.45) is 2.81. The molecule has 4 heteroatoms. The van der Waals surface area contributed by atoms with Gasteiger partial charge < -0.3 is 0 Å². The lowest BCUT2D eigenvalue weighted by atomic mass is 10.1. The summed E-state index contributed by atoms with van der Waals surface area (Å²) in [4.78, 5) is 9.01. The van der Waals surface area contributed by atoms with Gasteiger partial charge in [0.25, 0.3) is 0 Å². The van der Waals surface area contributed by atoms with E-state index in [4.69, 9.17) is 0 Å². The van der Waals surface area contributed by atoms with Crippen LogP contribution in [0.5, 0.6) is 0 Å². The van der Waals surface area contributed by atoms with Crippen LogP contribution in [0.3, 0.4) is 0 Å². The molecule has 106 valence electrons. The molecular formula is C15H24FN3. The van der Waals surface area contributed by atoms with Crippen LogP contribution in [0.25, 0.3) is 0 Å². The molecule has 1 fully saturated rings. The summed E-state index contributed by atoms with van der Waals surface area (Å²) < 4.78 is 13.6. The Morgan fingerprint density at radius 1 is 1.42 bits per heavy atom. The number of piperazine rings is 1. The van der Waals surface area contributed by atoms with E-state index in [0.717, 1.165) is 26.1 Å². The van der Waals surface area contributed by atoms with Crippen LogP contribution in [0.15, 0.2) is 18.3 Å². The minimum atomic E-state index is -0.193. The summed E-state index contributed by atoms with van der Waals surface area (Å²) in [5.41, 5.74) is 0.565. The molecule has 0 amide bonds. The first-order valence-electron chi connectivity index (χ1n) is 7.19. The van der Waals surface area contributed by atoms with Gasteiger partial charge in [-0.2, -0.15) is 0 Å². The molecule has 1 aromatic heterocycles. The largest absolute Gasteiger partial charge is 0.295 e. The van der Waals surface area contributed by atoms with Crippen molar-refractivity contribution in [2.24, 2.45) is 0 Å². The average Bonchev–Trinajstić information content (AvgIpc) is 2.41. The molecule has 1 saturated heterocycles. The number of hydrogen-bond donors (Lipinski definition) is 0. The van der Waals surface area contributed by atoms with Crippen molar-refractivity contribution in [1.82, 2.24) is 14.8 Å². The lowest BCUT2D eigenvalue weighted by Gasteiger charge is -2.43. The van der Waals surface area contributed by atoms with Gasteiger partial charge >= 0.3 is 0 Å². The quantitative estimate of drug-likeness (QED) is 0.834. The molecule has 1 aliphatic heterocycles. The molecule has 0 unspecified atom stereocenters. The Morgan fingerprint density at radius 2 is 2.21 bits per heavy atom. The number of nitrogens with zero attached hydrogens (tertiary/aromatic N) is 3. The molecule has 1 aromatic rings. The molecule has 2 heterocycles. The maximum Gasteiger partial charge on any atom is 0.146 e. The van der Waals surface area contributed by atoms with E-state index >= 15 is 0 Å². The first-order chi connectivity index (χ1) is 9.11. The Labute approximate surface area is 115 Å². The number of rotatable bonds is 4. The second-order valence-electron chi connectivity index (χ2n) is 5.56. The fraction of sp³-hybridized carbons (Fsp3) is 0.667. The highest BCUT2D eigenvalue weighted by atomic mass is 19.1. The predicted octanol–water partition coefficient (Wildman–Crippen LogP) is 2.53. The highest BCUT2D eigenvalue weighted by molar-refractivity contribution is 5.07. The Hall–Kier alpha value is -1.00. The minimum Gasteiger partial charge on any atom is -0.295 e. The van der Waals surface area contributed by atoms with Crippen LogP contribution < -0.4 is 0 Å². The first kappa shape index (κ1) is 14.4. The fourth-order valence-electron chi connectivity index (χ4n) is 2.87. The Bertz CT molecular complexity index is 408. The van der Waals surface area contributed by atoms with E-state index in [2.05, 4.69) is 35.6 Å². The van der Waals surface area contributed by atoms with Crippen LogP contribution in [0, 0.1) is 5.82 Å². The van der Waals surface area contributed by atoms with E-state index in [1.54, 1.807) is 12.3 Å². The third kappa shape index (κ3) is 3.51. The number of aromatic nitrogens is 1. The zero-order chi connectivity index (χ0) is 13.8. The van der Waals surface area contributed by atoms with Crippen LogP contribution in [-0.4, -0.2) is 46.5 Å². The van der Waals surface area contributed by atoms with Gasteiger partial charge in [0.05, 0.1) is 5.69 Å². The minimum absolute atomic E-state index is 0.193. The van der Waals surface area contributed by atoms with E-state index in [1.165, 1.54) is 6.07 Å². The summed E-state index contributed by atoms with van der Waals surface area (Å²) >= 11 is 0. The maximum absolute atomic E-state index is 13.6. The molecule has 0 spiro atoms. The van der Waals surface area contributed by atoms with Crippen molar-refractivity contribution in [3.63, 3.8) is 0 Å². The Morgan fingerprint density at radius 3 is 2.84 bits per heavy atom. The lowest BCUT2D eigenvalue weighted by molar-refractivity contribution is 0.0445. The van der Waals surface area contributed by atoms with Gasteiger partial charge in [-0.1, -0.05) is 6.92 Å². The van der Waals surface area contributed by atoms with Gasteiger partial charge in [0.15, 0.2) is 0 Å². The van der Waals surface area contributed by atoms with Crippen molar-refractivity contribution < 1.29 is 4.39 Å². The van der Waals surface area contributed by atoms with Gasteiger partial charge in [0, 0.05) is 44.5 Å². The van der Waals surface area contributed by atoms with Crippen molar-refractivity contribution in [3.05, 3.63) is 29.8 Å². The van der Waals surface area contributed by atoms with Gasteiger partial charge in [-0.25, -0.2) is 4.39 Å². The van der Waals surface area contributed by atoms with Gasteiger partial charge in [-0.05, 0) is 32.4 Å². The van der Waals surface area contributed by atoms with Crippen molar-refractivity contribution in [2.75, 3.05) is 19.6 Å². The summed E-state index contributed by atoms with van der Waals surface area (Å²) in [6, 6.07) is 4.29. The van der Waals surface area contributed by atoms with Crippen molar-refractivity contribution in [1.29, 1.82) is 0 Å². The zero-order valence-electron chi connectivity index (χ0n) is 12.1. The molecule has 2 rings (SSSR count). The number of halogens is 1. The summed E-state index contributed by atoms with van der Waals surface area (Å²) in [5, 5.41) is 0. The molecule has 0 radical (unpaired) electrons. The van der Waals surface area contributed by atoms with Crippen LogP contribution in [0.2, 0.25) is 0 Å². The summed E-state index contributed by atoms with van der Waals surface area (Å²) in [5.74, 6) is -0.193. The van der Waals surface area contributed by atoms with Gasteiger partial charge in [0.1, 0.15) is 5.82 Å². The van der Waals surface area contributed by atoms with Crippen LogP contribution in [-0.2, 0) is 6.54 Å². The van der Waals surface area contributed by atoms with E-state index in [1.807, 2.05) is 0 Å². The molecule has 0 N–H and O–H groups in total. The summed E-state index contributed by atoms with van der Waals surface area (Å²) in [7, 11) is 0. The highest BCUT2D eigenvalue weighted by Gasteiger charge is 2.27. The molecule has 19 heavy (non-hydrogen) atoms. The third-order valence-electron chi connectivity index (χ3n) is 3.95. The van der Waals surface area contributed by atoms with Crippen LogP contribution in [0.4, 0.5) is 4.39 Å². The standard InChI is InChI=1S/C15H24FN3/c1-4-13-10-18(8-9-19(13)12(2)3)11-15-14(16)6-5-7-17-15/h5-7,12-13H,4,8-11H2,1-3H3/t13-/m0/s1. The van der Waals surface area contributed by atoms with Gasteiger partial charge in [-0.15, -0.1) is 0 Å². The third-order valence-corrected chi connectivity index (χ3v) is 3.95. The number of pyridine rings is 1. The topological polar surface area (TPSA) is 19.4 Å². The second-order valence-corrected chi connectivity index (χ2v) is 5.56.